The zero-order valence-electron chi connectivity index (χ0n) is 10.4. The van der Waals surface area contributed by atoms with Crippen LogP contribution in [0.1, 0.15) is 39.0 Å². The minimum absolute atomic E-state index is 0.0586. The first-order valence-corrected chi connectivity index (χ1v) is 6.81. The molecule has 1 saturated heterocycles. The van der Waals surface area contributed by atoms with Crippen LogP contribution in [0.15, 0.2) is 0 Å². The number of rotatable bonds is 3. The van der Waals surface area contributed by atoms with Crippen LogP contribution in [-0.4, -0.2) is 48.5 Å². The topological polar surface area (TPSA) is 32.7 Å². The highest BCUT2D eigenvalue weighted by atomic mass is 16.5. The lowest BCUT2D eigenvalue weighted by atomic mass is 9.86. The Labute approximate surface area is 98.8 Å². The van der Waals surface area contributed by atoms with Gasteiger partial charge in [-0.2, -0.15) is 0 Å². The zero-order chi connectivity index (χ0) is 11.4. The summed E-state index contributed by atoms with van der Waals surface area (Å²) in [6, 6.07) is 0. The van der Waals surface area contributed by atoms with Gasteiger partial charge in [0.15, 0.2) is 0 Å². The fraction of sp³-hybridized carbons (Fsp3) is 1.00. The van der Waals surface area contributed by atoms with Crippen LogP contribution >= 0.6 is 0 Å². The lowest BCUT2D eigenvalue weighted by Crippen LogP contribution is -2.46. The van der Waals surface area contributed by atoms with Gasteiger partial charge >= 0.3 is 0 Å². The lowest BCUT2D eigenvalue weighted by molar-refractivity contribution is -0.0455. The maximum atomic E-state index is 9.96. The monoisotopic (exact) mass is 227 g/mol. The third kappa shape index (κ3) is 3.19. The number of hydrogen-bond donors (Lipinski definition) is 1. The van der Waals surface area contributed by atoms with Crippen LogP contribution in [0.5, 0.6) is 0 Å². The molecule has 1 aliphatic carbocycles. The molecule has 3 atom stereocenters. The molecular weight excluding hydrogens is 202 g/mol. The Morgan fingerprint density at radius 2 is 2.12 bits per heavy atom. The maximum absolute atomic E-state index is 9.96. The number of hydrogen-bond acceptors (Lipinski definition) is 3. The summed E-state index contributed by atoms with van der Waals surface area (Å²) in [6.45, 7) is 6.21. The van der Waals surface area contributed by atoms with Crippen LogP contribution < -0.4 is 0 Å². The highest BCUT2D eigenvalue weighted by Crippen LogP contribution is 2.25. The first-order chi connectivity index (χ1) is 7.79. The number of nitrogens with zero attached hydrogens (tertiary/aromatic N) is 1. The van der Waals surface area contributed by atoms with Crippen molar-refractivity contribution >= 4 is 0 Å². The van der Waals surface area contributed by atoms with Crippen molar-refractivity contribution in [1.29, 1.82) is 0 Å². The van der Waals surface area contributed by atoms with Crippen molar-refractivity contribution in [1.82, 2.24) is 4.90 Å². The first kappa shape index (κ1) is 12.3. The Hall–Kier alpha value is -0.120. The molecule has 0 spiro atoms. The summed E-state index contributed by atoms with van der Waals surface area (Å²) in [5, 5.41) is 9.96. The molecule has 1 N–H and O–H groups in total. The minimum atomic E-state index is -0.0586. The summed E-state index contributed by atoms with van der Waals surface area (Å²) < 4.78 is 5.67. The third-order valence-electron chi connectivity index (χ3n) is 4.04. The Bertz CT molecular complexity index is 210. The summed E-state index contributed by atoms with van der Waals surface area (Å²) in [5.74, 6) is 0.504. The average Bonchev–Trinajstić information content (AvgIpc) is 2.32. The molecule has 3 heteroatoms. The zero-order valence-corrected chi connectivity index (χ0v) is 10.4. The van der Waals surface area contributed by atoms with Gasteiger partial charge < -0.3 is 9.84 Å². The minimum Gasteiger partial charge on any atom is -0.393 e. The standard InChI is InChI=1S/C13H25NO2/c1-2-12-10-14(7-8-16-12)9-11-5-3-4-6-13(11)15/h11-13,15H,2-10H2,1H3. The molecule has 0 aromatic heterocycles. The molecular formula is C13H25NO2. The van der Waals surface area contributed by atoms with E-state index in [0.29, 0.717) is 12.0 Å². The fourth-order valence-electron chi connectivity index (χ4n) is 2.93. The lowest BCUT2D eigenvalue weighted by Gasteiger charge is -2.37. The number of morpholine rings is 1. The number of ether oxygens (including phenoxy) is 1. The summed E-state index contributed by atoms with van der Waals surface area (Å²) >= 11 is 0. The van der Waals surface area contributed by atoms with Crippen LogP contribution in [0.2, 0.25) is 0 Å². The highest BCUT2D eigenvalue weighted by molar-refractivity contribution is 4.80. The molecule has 0 aromatic rings. The molecule has 0 bridgehead atoms. The summed E-state index contributed by atoms with van der Waals surface area (Å²) in [7, 11) is 0. The molecule has 0 radical (unpaired) electrons. The van der Waals surface area contributed by atoms with E-state index in [0.717, 1.165) is 39.1 Å². The van der Waals surface area contributed by atoms with Crippen LogP contribution in [0.4, 0.5) is 0 Å². The summed E-state index contributed by atoms with van der Waals surface area (Å²) in [5.41, 5.74) is 0. The highest BCUT2D eigenvalue weighted by Gasteiger charge is 2.27. The van der Waals surface area contributed by atoms with Gasteiger partial charge in [-0.15, -0.1) is 0 Å². The largest absolute Gasteiger partial charge is 0.393 e. The Morgan fingerprint density at radius 1 is 1.31 bits per heavy atom. The van der Waals surface area contributed by atoms with Gasteiger partial charge in [0.2, 0.25) is 0 Å². The number of aliphatic hydroxyl groups excluding tert-OH is 1. The maximum Gasteiger partial charge on any atom is 0.0700 e. The molecule has 2 aliphatic rings. The van der Waals surface area contributed by atoms with Crippen molar-refractivity contribution in [2.75, 3.05) is 26.2 Å². The first-order valence-electron chi connectivity index (χ1n) is 6.81. The van der Waals surface area contributed by atoms with E-state index in [9.17, 15) is 5.11 Å². The molecule has 1 aliphatic heterocycles. The molecule has 0 amide bonds. The predicted molar refractivity (Wildman–Crippen MR) is 64.4 cm³/mol. The second-order valence-corrected chi connectivity index (χ2v) is 5.27. The third-order valence-corrected chi connectivity index (χ3v) is 4.04. The van der Waals surface area contributed by atoms with Crippen molar-refractivity contribution in [2.45, 2.75) is 51.2 Å². The van der Waals surface area contributed by atoms with Crippen LogP contribution in [0.3, 0.4) is 0 Å². The van der Waals surface area contributed by atoms with Gasteiger partial charge in [0.25, 0.3) is 0 Å². The molecule has 1 saturated carbocycles. The van der Waals surface area contributed by atoms with E-state index in [4.69, 9.17) is 4.74 Å². The Balaban J connectivity index is 1.79. The number of aliphatic hydroxyl groups is 1. The van der Waals surface area contributed by atoms with E-state index in [1.165, 1.54) is 19.3 Å². The van der Waals surface area contributed by atoms with Crippen LogP contribution in [-0.2, 0) is 4.74 Å². The van der Waals surface area contributed by atoms with E-state index in [2.05, 4.69) is 11.8 Å². The molecule has 2 rings (SSSR count). The van der Waals surface area contributed by atoms with Gasteiger partial charge in [-0.05, 0) is 25.2 Å². The van der Waals surface area contributed by atoms with Gasteiger partial charge in [0.05, 0.1) is 18.8 Å². The second kappa shape index (κ2) is 5.99. The van der Waals surface area contributed by atoms with Gasteiger partial charge in [-0.3, -0.25) is 4.90 Å². The van der Waals surface area contributed by atoms with Gasteiger partial charge in [-0.1, -0.05) is 19.8 Å². The van der Waals surface area contributed by atoms with Gasteiger partial charge in [0.1, 0.15) is 0 Å². The Morgan fingerprint density at radius 3 is 2.88 bits per heavy atom. The second-order valence-electron chi connectivity index (χ2n) is 5.27. The quantitative estimate of drug-likeness (QED) is 0.795. The summed E-state index contributed by atoms with van der Waals surface area (Å²) in [6.07, 6.45) is 6.17. The van der Waals surface area contributed by atoms with Crippen molar-refractivity contribution in [2.24, 2.45) is 5.92 Å². The Kier molecular flexibility index (Phi) is 4.62. The van der Waals surface area contributed by atoms with E-state index >= 15 is 0 Å². The SMILES string of the molecule is CCC1CN(CC2CCCCC2O)CCO1. The van der Waals surface area contributed by atoms with Gasteiger partial charge in [0, 0.05) is 19.6 Å². The van der Waals surface area contributed by atoms with Crippen molar-refractivity contribution in [3.63, 3.8) is 0 Å². The molecule has 2 fully saturated rings. The smallest absolute Gasteiger partial charge is 0.0700 e. The molecule has 1 heterocycles. The van der Waals surface area contributed by atoms with E-state index in [1.807, 2.05) is 0 Å². The molecule has 0 aromatic carbocycles. The van der Waals surface area contributed by atoms with E-state index < -0.39 is 0 Å². The molecule has 94 valence electrons. The van der Waals surface area contributed by atoms with E-state index in [1.54, 1.807) is 0 Å². The molecule has 3 unspecified atom stereocenters. The van der Waals surface area contributed by atoms with Crippen molar-refractivity contribution in [3.05, 3.63) is 0 Å². The van der Waals surface area contributed by atoms with Crippen LogP contribution in [0, 0.1) is 5.92 Å². The van der Waals surface area contributed by atoms with Gasteiger partial charge in [-0.25, -0.2) is 0 Å². The molecule has 3 nitrogen and oxygen atoms in total. The van der Waals surface area contributed by atoms with Crippen molar-refractivity contribution in [3.8, 4) is 0 Å². The van der Waals surface area contributed by atoms with E-state index in [-0.39, 0.29) is 6.10 Å². The fourth-order valence-corrected chi connectivity index (χ4v) is 2.93. The van der Waals surface area contributed by atoms with Crippen LogP contribution in [0.25, 0.3) is 0 Å². The summed E-state index contributed by atoms with van der Waals surface area (Å²) in [4.78, 5) is 2.48. The predicted octanol–water partition coefficient (Wildman–Crippen LogP) is 1.65. The normalized spacial score (nSPS) is 37.5. The molecule has 16 heavy (non-hydrogen) atoms. The van der Waals surface area contributed by atoms with Crippen molar-refractivity contribution < 1.29 is 9.84 Å². The average molecular weight is 227 g/mol.